The highest BCUT2D eigenvalue weighted by Gasteiger charge is 2.32. The number of rotatable bonds is 6. The molecular formula is C25H22N2O4. The lowest BCUT2D eigenvalue weighted by molar-refractivity contribution is -0.113. The Balaban J connectivity index is 1.79. The van der Waals surface area contributed by atoms with Crippen LogP contribution >= 0.6 is 0 Å². The first kappa shape index (κ1) is 20.2. The SMILES string of the molecule is COc1ccc(C2=NC(=Cc3cccc(OC)c3)C(=O)N2c2ccc(OC)cc2)cc1. The second-order valence-electron chi connectivity index (χ2n) is 6.81. The number of benzene rings is 3. The van der Waals surface area contributed by atoms with Gasteiger partial charge in [0.2, 0.25) is 0 Å². The average molecular weight is 414 g/mol. The van der Waals surface area contributed by atoms with Crippen LogP contribution < -0.4 is 19.1 Å². The highest BCUT2D eigenvalue weighted by molar-refractivity contribution is 6.33. The van der Waals surface area contributed by atoms with E-state index >= 15 is 0 Å². The van der Waals surface area contributed by atoms with Gasteiger partial charge in [0.25, 0.3) is 5.91 Å². The van der Waals surface area contributed by atoms with Crippen LogP contribution in [-0.2, 0) is 4.79 Å². The highest BCUT2D eigenvalue weighted by Crippen LogP contribution is 2.30. The fourth-order valence-electron chi connectivity index (χ4n) is 3.31. The Kier molecular flexibility index (Phi) is 5.71. The van der Waals surface area contributed by atoms with Crippen molar-refractivity contribution >= 4 is 23.5 Å². The van der Waals surface area contributed by atoms with Crippen LogP contribution in [0.5, 0.6) is 17.2 Å². The summed E-state index contributed by atoms with van der Waals surface area (Å²) in [5.74, 6) is 2.50. The molecule has 0 N–H and O–H groups in total. The molecule has 1 aliphatic rings. The number of anilines is 1. The van der Waals surface area contributed by atoms with Crippen LogP contribution in [0.3, 0.4) is 0 Å². The molecule has 1 aliphatic heterocycles. The van der Waals surface area contributed by atoms with E-state index in [1.807, 2.05) is 72.8 Å². The predicted octanol–water partition coefficient (Wildman–Crippen LogP) is 4.55. The van der Waals surface area contributed by atoms with E-state index in [9.17, 15) is 4.79 Å². The summed E-state index contributed by atoms with van der Waals surface area (Å²) in [6.07, 6.45) is 1.76. The summed E-state index contributed by atoms with van der Waals surface area (Å²) in [5, 5.41) is 0. The third kappa shape index (κ3) is 4.14. The molecule has 6 nitrogen and oxygen atoms in total. The summed E-state index contributed by atoms with van der Waals surface area (Å²) >= 11 is 0. The molecule has 0 saturated heterocycles. The minimum absolute atomic E-state index is 0.209. The number of aliphatic imine (C=N–C) groups is 1. The molecule has 0 aliphatic carbocycles. The number of hydrogen-bond donors (Lipinski definition) is 0. The maximum atomic E-state index is 13.4. The van der Waals surface area contributed by atoms with E-state index in [0.717, 1.165) is 16.9 Å². The Labute approximate surface area is 181 Å². The smallest absolute Gasteiger partial charge is 0.282 e. The maximum Gasteiger partial charge on any atom is 0.282 e. The fraction of sp³-hybridized carbons (Fsp3) is 0.120. The average Bonchev–Trinajstić information content (AvgIpc) is 3.15. The normalized spacial score (nSPS) is 14.5. The molecule has 0 radical (unpaired) electrons. The number of nitrogens with zero attached hydrogens (tertiary/aromatic N) is 2. The van der Waals surface area contributed by atoms with Crippen molar-refractivity contribution in [2.45, 2.75) is 0 Å². The fourth-order valence-corrected chi connectivity index (χ4v) is 3.31. The van der Waals surface area contributed by atoms with Crippen molar-refractivity contribution in [3.63, 3.8) is 0 Å². The zero-order valence-corrected chi connectivity index (χ0v) is 17.5. The van der Waals surface area contributed by atoms with E-state index < -0.39 is 0 Å². The Bertz CT molecular complexity index is 1150. The topological polar surface area (TPSA) is 60.4 Å². The van der Waals surface area contributed by atoms with Gasteiger partial charge in [-0.05, 0) is 72.3 Å². The first-order chi connectivity index (χ1) is 15.1. The molecule has 1 amide bonds. The summed E-state index contributed by atoms with van der Waals surface area (Å²) in [5.41, 5.74) is 2.68. The van der Waals surface area contributed by atoms with Crippen LogP contribution in [0.15, 0.2) is 83.5 Å². The minimum Gasteiger partial charge on any atom is -0.497 e. The van der Waals surface area contributed by atoms with Crippen LogP contribution in [0.2, 0.25) is 0 Å². The first-order valence-electron chi connectivity index (χ1n) is 9.70. The van der Waals surface area contributed by atoms with Crippen molar-refractivity contribution in [2.75, 3.05) is 26.2 Å². The van der Waals surface area contributed by atoms with Gasteiger partial charge in [0.15, 0.2) is 0 Å². The van der Waals surface area contributed by atoms with Gasteiger partial charge >= 0.3 is 0 Å². The van der Waals surface area contributed by atoms with Crippen LogP contribution in [0.25, 0.3) is 6.08 Å². The molecule has 0 atom stereocenters. The van der Waals surface area contributed by atoms with Gasteiger partial charge < -0.3 is 14.2 Å². The van der Waals surface area contributed by atoms with Crippen LogP contribution in [0.1, 0.15) is 11.1 Å². The van der Waals surface area contributed by atoms with Gasteiger partial charge in [0.05, 0.1) is 27.0 Å². The Morgan fingerprint density at radius 2 is 1.39 bits per heavy atom. The molecule has 31 heavy (non-hydrogen) atoms. The summed E-state index contributed by atoms with van der Waals surface area (Å²) in [6, 6.07) is 22.3. The van der Waals surface area contributed by atoms with Gasteiger partial charge in [-0.3, -0.25) is 9.69 Å². The van der Waals surface area contributed by atoms with Gasteiger partial charge in [-0.2, -0.15) is 0 Å². The molecule has 0 fully saturated rings. The number of amides is 1. The van der Waals surface area contributed by atoms with Crippen LogP contribution in [0.4, 0.5) is 5.69 Å². The van der Waals surface area contributed by atoms with Gasteiger partial charge in [0.1, 0.15) is 28.8 Å². The summed E-state index contributed by atoms with van der Waals surface area (Å²) < 4.78 is 15.8. The molecule has 1 heterocycles. The Hall–Kier alpha value is -4.06. The molecule has 156 valence electrons. The van der Waals surface area contributed by atoms with Crippen molar-refractivity contribution in [1.29, 1.82) is 0 Å². The summed E-state index contributed by atoms with van der Waals surface area (Å²) in [4.78, 5) is 19.7. The molecule has 3 aromatic carbocycles. The van der Waals surface area contributed by atoms with Crippen LogP contribution in [-0.4, -0.2) is 33.1 Å². The van der Waals surface area contributed by atoms with E-state index in [4.69, 9.17) is 14.2 Å². The molecule has 3 aromatic rings. The van der Waals surface area contributed by atoms with Gasteiger partial charge in [-0.15, -0.1) is 0 Å². The molecule has 0 spiro atoms. The van der Waals surface area contributed by atoms with E-state index in [-0.39, 0.29) is 5.91 Å². The monoisotopic (exact) mass is 414 g/mol. The van der Waals surface area contributed by atoms with E-state index in [0.29, 0.717) is 28.7 Å². The van der Waals surface area contributed by atoms with Crippen molar-refractivity contribution in [3.8, 4) is 17.2 Å². The predicted molar refractivity (Wildman–Crippen MR) is 121 cm³/mol. The second-order valence-corrected chi connectivity index (χ2v) is 6.81. The molecular weight excluding hydrogens is 392 g/mol. The van der Waals surface area contributed by atoms with Crippen molar-refractivity contribution in [2.24, 2.45) is 4.99 Å². The summed E-state index contributed by atoms with van der Waals surface area (Å²) in [7, 11) is 4.83. The second kappa shape index (κ2) is 8.75. The van der Waals surface area contributed by atoms with Crippen molar-refractivity contribution in [1.82, 2.24) is 0 Å². The maximum absolute atomic E-state index is 13.4. The van der Waals surface area contributed by atoms with Crippen molar-refractivity contribution in [3.05, 3.63) is 89.6 Å². The Morgan fingerprint density at radius 1 is 0.774 bits per heavy atom. The molecule has 0 aromatic heterocycles. The van der Waals surface area contributed by atoms with E-state index in [2.05, 4.69) is 4.99 Å². The Morgan fingerprint density at radius 3 is 2.00 bits per heavy atom. The molecule has 0 saturated carbocycles. The first-order valence-corrected chi connectivity index (χ1v) is 9.70. The highest BCUT2D eigenvalue weighted by atomic mass is 16.5. The minimum atomic E-state index is -0.209. The van der Waals surface area contributed by atoms with Gasteiger partial charge in [-0.25, -0.2) is 4.99 Å². The van der Waals surface area contributed by atoms with Crippen molar-refractivity contribution < 1.29 is 19.0 Å². The zero-order valence-electron chi connectivity index (χ0n) is 17.5. The lowest BCUT2D eigenvalue weighted by atomic mass is 10.1. The summed E-state index contributed by atoms with van der Waals surface area (Å²) in [6.45, 7) is 0. The third-order valence-corrected chi connectivity index (χ3v) is 4.94. The molecule has 6 heteroatoms. The number of ether oxygens (including phenoxy) is 3. The standard InChI is InChI=1S/C25H22N2O4/c1-29-20-11-7-18(8-12-20)24-26-23(16-17-5-4-6-22(15-17)31-3)25(28)27(24)19-9-13-21(30-2)14-10-19/h4-16H,1-3H3. The van der Waals surface area contributed by atoms with Gasteiger partial charge in [0, 0.05) is 5.56 Å². The number of methoxy groups -OCH3 is 3. The van der Waals surface area contributed by atoms with Gasteiger partial charge in [-0.1, -0.05) is 12.1 Å². The molecule has 4 rings (SSSR count). The zero-order chi connectivity index (χ0) is 21.8. The number of carbonyl (C=O) groups excluding carboxylic acids is 1. The molecule has 0 bridgehead atoms. The quantitative estimate of drug-likeness (QED) is 0.556. The van der Waals surface area contributed by atoms with E-state index in [1.165, 1.54) is 0 Å². The third-order valence-electron chi connectivity index (χ3n) is 4.94. The largest absolute Gasteiger partial charge is 0.497 e. The number of hydrogen-bond acceptors (Lipinski definition) is 5. The van der Waals surface area contributed by atoms with Crippen LogP contribution in [0, 0.1) is 0 Å². The lowest BCUT2D eigenvalue weighted by Gasteiger charge is -2.19. The number of carbonyl (C=O) groups is 1. The number of amidine groups is 1. The molecule has 0 unspecified atom stereocenters. The lowest BCUT2D eigenvalue weighted by Crippen LogP contribution is -2.32. The van der Waals surface area contributed by atoms with E-state index in [1.54, 1.807) is 32.3 Å².